The SMILES string of the molecule is O=C(Cn1ccnc1)c1cc(Cl)sc1Cl. The number of carbonyl (C=O) groups is 1. The molecule has 15 heavy (non-hydrogen) atoms. The van der Waals surface area contributed by atoms with Crippen LogP contribution in [-0.4, -0.2) is 15.3 Å². The molecule has 2 heterocycles. The Bertz CT molecular complexity index is 478. The Morgan fingerprint density at radius 2 is 2.33 bits per heavy atom. The molecule has 0 unspecified atom stereocenters. The lowest BCUT2D eigenvalue weighted by Gasteiger charge is -1.99. The van der Waals surface area contributed by atoms with E-state index >= 15 is 0 Å². The summed E-state index contributed by atoms with van der Waals surface area (Å²) in [5.41, 5.74) is 0.473. The van der Waals surface area contributed by atoms with Gasteiger partial charge in [-0.05, 0) is 6.07 Å². The summed E-state index contributed by atoms with van der Waals surface area (Å²) < 4.78 is 2.64. The topological polar surface area (TPSA) is 34.9 Å². The van der Waals surface area contributed by atoms with E-state index in [0.717, 1.165) is 0 Å². The van der Waals surface area contributed by atoms with Gasteiger partial charge in [0.05, 0.1) is 22.8 Å². The van der Waals surface area contributed by atoms with Crippen molar-refractivity contribution in [3.63, 3.8) is 0 Å². The van der Waals surface area contributed by atoms with Crippen LogP contribution in [-0.2, 0) is 6.54 Å². The van der Waals surface area contributed by atoms with E-state index in [1.807, 2.05) is 0 Å². The minimum absolute atomic E-state index is 0.0684. The first-order valence-corrected chi connectivity index (χ1v) is 5.68. The van der Waals surface area contributed by atoms with Gasteiger partial charge in [0.25, 0.3) is 0 Å². The Morgan fingerprint density at radius 3 is 2.87 bits per heavy atom. The van der Waals surface area contributed by atoms with Crippen molar-refractivity contribution in [2.75, 3.05) is 0 Å². The van der Waals surface area contributed by atoms with Crippen LogP contribution in [0.2, 0.25) is 8.67 Å². The fourth-order valence-corrected chi connectivity index (χ4v) is 2.66. The van der Waals surface area contributed by atoms with E-state index < -0.39 is 0 Å². The highest BCUT2D eigenvalue weighted by atomic mass is 35.5. The predicted octanol–water partition coefficient (Wildman–Crippen LogP) is 3.13. The molecule has 6 heteroatoms. The molecule has 0 spiro atoms. The number of rotatable bonds is 3. The third-order valence-electron chi connectivity index (χ3n) is 1.84. The number of Topliss-reactive ketones (excluding diaryl/α,β-unsaturated/α-hetero) is 1. The molecule has 0 radical (unpaired) electrons. The summed E-state index contributed by atoms with van der Waals surface area (Å²) in [5.74, 6) is -0.0684. The molecule has 2 rings (SSSR count). The van der Waals surface area contributed by atoms with E-state index in [0.29, 0.717) is 14.2 Å². The number of imidazole rings is 1. The van der Waals surface area contributed by atoms with Crippen molar-refractivity contribution in [3.8, 4) is 0 Å². The fourth-order valence-electron chi connectivity index (χ4n) is 1.16. The van der Waals surface area contributed by atoms with Crippen LogP contribution in [0.4, 0.5) is 0 Å². The number of halogens is 2. The molecule has 0 amide bonds. The number of aromatic nitrogens is 2. The minimum Gasteiger partial charge on any atom is -0.330 e. The first kappa shape index (κ1) is 10.7. The zero-order valence-corrected chi connectivity index (χ0v) is 9.81. The van der Waals surface area contributed by atoms with E-state index in [9.17, 15) is 4.79 Å². The van der Waals surface area contributed by atoms with Crippen LogP contribution < -0.4 is 0 Å². The van der Waals surface area contributed by atoms with Gasteiger partial charge in [0.2, 0.25) is 0 Å². The number of nitrogens with zero attached hydrogens (tertiary/aromatic N) is 2. The van der Waals surface area contributed by atoms with Crippen LogP contribution in [0.25, 0.3) is 0 Å². The van der Waals surface area contributed by atoms with Crippen molar-refractivity contribution in [1.29, 1.82) is 0 Å². The van der Waals surface area contributed by atoms with Gasteiger partial charge in [-0.25, -0.2) is 4.98 Å². The molecule has 2 aromatic rings. The number of ketones is 1. The fraction of sp³-hybridized carbons (Fsp3) is 0.111. The molecule has 0 aromatic carbocycles. The maximum absolute atomic E-state index is 11.8. The molecule has 0 aliphatic carbocycles. The number of hydrogen-bond donors (Lipinski definition) is 0. The Morgan fingerprint density at radius 1 is 1.53 bits per heavy atom. The second-order valence-corrected chi connectivity index (χ2v) is 5.18. The average Bonchev–Trinajstić information content (AvgIpc) is 2.75. The third kappa shape index (κ3) is 2.40. The van der Waals surface area contributed by atoms with E-state index in [2.05, 4.69) is 4.98 Å². The standard InChI is InChI=1S/C9H6Cl2N2OS/c10-8-3-6(9(11)15-8)7(14)4-13-2-1-12-5-13/h1-3,5H,4H2. The Hall–Kier alpha value is -0.840. The number of hydrogen-bond acceptors (Lipinski definition) is 3. The predicted molar refractivity (Wildman–Crippen MR) is 60.9 cm³/mol. The molecule has 0 fully saturated rings. The molecule has 2 aromatic heterocycles. The monoisotopic (exact) mass is 260 g/mol. The van der Waals surface area contributed by atoms with Crippen molar-refractivity contribution in [2.24, 2.45) is 0 Å². The molecule has 0 aliphatic heterocycles. The zero-order valence-electron chi connectivity index (χ0n) is 7.48. The largest absolute Gasteiger partial charge is 0.330 e. The first-order chi connectivity index (χ1) is 7.16. The number of carbonyl (C=O) groups excluding carboxylic acids is 1. The molecule has 3 nitrogen and oxygen atoms in total. The minimum atomic E-state index is -0.0684. The van der Waals surface area contributed by atoms with Crippen LogP contribution in [0.15, 0.2) is 24.8 Å². The van der Waals surface area contributed by atoms with Crippen molar-refractivity contribution in [3.05, 3.63) is 39.0 Å². The molecule has 0 bridgehead atoms. The molecule has 0 saturated heterocycles. The van der Waals surface area contributed by atoms with Gasteiger partial charge >= 0.3 is 0 Å². The summed E-state index contributed by atoms with van der Waals surface area (Å²) in [6.45, 7) is 0.229. The molecule has 0 aliphatic rings. The lowest BCUT2D eigenvalue weighted by atomic mass is 10.2. The van der Waals surface area contributed by atoms with E-state index in [4.69, 9.17) is 23.2 Å². The zero-order chi connectivity index (χ0) is 10.8. The summed E-state index contributed by atoms with van der Waals surface area (Å²) in [4.78, 5) is 15.6. The lowest BCUT2D eigenvalue weighted by Crippen LogP contribution is -2.08. The molecule has 78 valence electrons. The Kier molecular flexibility index (Phi) is 3.09. The highest BCUT2D eigenvalue weighted by Crippen LogP contribution is 2.31. The van der Waals surface area contributed by atoms with Crippen LogP contribution in [0.1, 0.15) is 10.4 Å². The molecule has 0 atom stereocenters. The van der Waals surface area contributed by atoms with Gasteiger partial charge < -0.3 is 4.57 Å². The van der Waals surface area contributed by atoms with Gasteiger partial charge in [-0.3, -0.25) is 4.79 Å². The summed E-state index contributed by atoms with van der Waals surface area (Å²) in [6.07, 6.45) is 4.93. The second-order valence-electron chi connectivity index (χ2n) is 2.90. The van der Waals surface area contributed by atoms with Gasteiger partial charge in [-0.2, -0.15) is 0 Å². The summed E-state index contributed by atoms with van der Waals surface area (Å²) in [5, 5.41) is 0. The van der Waals surface area contributed by atoms with Gasteiger partial charge in [0.15, 0.2) is 5.78 Å². The van der Waals surface area contributed by atoms with Crippen LogP contribution in [0, 0.1) is 0 Å². The molecular formula is C9H6Cl2N2OS. The number of thiophene rings is 1. The van der Waals surface area contributed by atoms with E-state index in [1.54, 1.807) is 29.4 Å². The maximum atomic E-state index is 11.8. The normalized spacial score (nSPS) is 10.5. The smallest absolute Gasteiger partial charge is 0.184 e. The molecule has 0 N–H and O–H groups in total. The average molecular weight is 261 g/mol. The lowest BCUT2D eigenvalue weighted by molar-refractivity contribution is 0.0972. The molecule has 0 saturated carbocycles. The summed E-state index contributed by atoms with van der Waals surface area (Å²) >= 11 is 12.8. The quantitative estimate of drug-likeness (QED) is 0.795. The van der Waals surface area contributed by atoms with Crippen LogP contribution in [0.3, 0.4) is 0 Å². The van der Waals surface area contributed by atoms with Crippen molar-refractivity contribution < 1.29 is 4.79 Å². The van der Waals surface area contributed by atoms with E-state index in [-0.39, 0.29) is 12.3 Å². The Labute approximate surface area is 100 Å². The van der Waals surface area contributed by atoms with E-state index in [1.165, 1.54) is 11.3 Å². The highest BCUT2D eigenvalue weighted by Gasteiger charge is 2.14. The van der Waals surface area contributed by atoms with Crippen molar-refractivity contribution >= 4 is 40.3 Å². The van der Waals surface area contributed by atoms with Crippen molar-refractivity contribution in [2.45, 2.75) is 6.54 Å². The summed E-state index contributed by atoms with van der Waals surface area (Å²) in [7, 11) is 0. The Balaban J connectivity index is 2.18. The second kappa shape index (κ2) is 4.35. The van der Waals surface area contributed by atoms with Gasteiger partial charge in [0.1, 0.15) is 4.34 Å². The third-order valence-corrected chi connectivity index (χ3v) is 3.33. The van der Waals surface area contributed by atoms with Gasteiger partial charge in [0, 0.05) is 12.4 Å². The van der Waals surface area contributed by atoms with Gasteiger partial charge in [-0.15, -0.1) is 11.3 Å². The van der Waals surface area contributed by atoms with Gasteiger partial charge in [-0.1, -0.05) is 23.2 Å². The van der Waals surface area contributed by atoms with Crippen molar-refractivity contribution in [1.82, 2.24) is 9.55 Å². The molecular weight excluding hydrogens is 255 g/mol. The summed E-state index contributed by atoms with van der Waals surface area (Å²) in [6, 6.07) is 1.59. The highest BCUT2D eigenvalue weighted by molar-refractivity contribution is 7.20. The van der Waals surface area contributed by atoms with Crippen LogP contribution in [0.5, 0.6) is 0 Å². The van der Waals surface area contributed by atoms with Crippen LogP contribution >= 0.6 is 34.5 Å². The maximum Gasteiger partial charge on any atom is 0.184 e. The first-order valence-electron chi connectivity index (χ1n) is 4.10.